The van der Waals surface area contributed by atoms with Gasteiger partial charge in [0.05, 0.1) is 22.9 Å². The smallest absolute Gasteiger partial charge is 0.166 e. The highest BCUT2D eigenvalue weighted by molar-refractivity contribution is 6.10. The van der Waals surface area contributed by atoms with E-state index in [9.17, 15) is 0 Å². The monoisotopic (exact) mass is 691 g/mol. The molecule has 11 rings (SSSR count). The van der Waals surface area contributed by atoms with Crippen LogP contribution in [0.5, 0.6) is 0 Å². The molecule has 0 spiro atoms. The quantitative estimate of drug-likeness (QED) is 0.180. The van der Waals surface area contributed by atoms with Crippen molar-refractivity contribution in [1.82, 2.24) is 24.5 Å². The van der Waals surface area contributed by atoms with Crippen LogP contribution in [0, 0.1) is 0 Å². The van der Waals surface area contributed by atoms with E-state index in [1.807, 2.05) is 24.3 Å². The summed E-state index contributed by atoms with van der Waals surface area (Å²) in [6.07, 6.45) is 3.54. The molecule has 0 radical (unpaired) electrons. The fourth-order valence-corrected chi connectivity index (χ4v) is 7.76. The number of para-hydroxylation sites is 3. The number of hydrogen-bond acceptors (Lipinski definition) is 5. The number of furan rings is 1. The third-order valence-corrected chi connectivity index (χ3v) is 10.3. The van der Waals surface area contributed by atoms with Crippen LogP contribution in [0.25, 0.3) is 105 Å². The molecule has 0 aliphatic rings. The first kappa shape index (κ1) is 30.2. The Bertz CT molecular complexity index is 3180. The van der Waals surface area contributed by atoms with Crippen molar-refractivity contribution < 1.29 is 4.42 Å². The van der Waals surface area contributed by atoms with Crippen LogP contribution in [-0.2, 0) is 0 Å². The first-order chi connectivity index (χ1) is 26.7. The Morgan fingerprint density at radius 2 is 1.00 bits per heavy atom. The molecule has 0 N–H and O–H groups in total. The van der Waals surface area contributed by atoms with Gasteiger partial charge in [0.1, 0.15) is 5.58 Å². The van der Waals surface area contributed by atoms with Crippen molar-refractivity contribution in [3.8, 4) is 51.0 Å². The lowest BCUT2D eigenvalue weighted by Gasteiger charge is -2.14. The van der Waals surface area contributed by atoms with Crippen LogP contribution in [0.3, 0.4) is 0 Å². The van der Waals surface area contributed by atoms with Crippen LogP contribution in [0.4, 0.5) is 0 Å². The van der Waals surface area contributed by atoms with Crippen LogP contribution >= 0.6 is 0 Å². The molecule has 11 aromatic rings. The lowest BCUT2D eigenvalue weighted by Crippen LogP contribution is -2.03. The Morgan fingerprint density at radius 3 is 1.78 bits per heavy atom. The van der Waals surface area contributed by atoms with Crippen molar-refractivity contribution in [2.45, 2.75) is 0 Å². The summed E-state index contributed by atoms with van der Waals surface area (Å²) in [5.74, 6) is 1.74. The normalized spacial score (nSPS) is 11.7. The van der Waals surface area contributed by atoms with Gasteiger partial charge in [-0.05, 0) is 76.5 Å². The molecule has 4 heterocycles. The summed E-state index contributed by atoms with van der Waals surface area (Å²) in [6, 6.07) is 57.0. The summed E-state index contributed by atoms with van der Waals surface area (Å²) in [4.78, 5) is 19.8. The van der Waals surface area contributed by atoms with Gasteiger partial charge in [-0.3, -0.25) is 4.98 Å². The largest absolute Gasteiger partial charge is 0.454 e. The molecule has 54 heavy (non-hydrogen) atoms. The van der Waals surface area contributed by atoms with Crippen LogP contribution in [0.2, 0.25) is 0 Å². The Balaban J connectivity index is 1.12. The van der Waals surface area contributed by atoms with Crippen LogP contribution < -0.4 is 0 Å². The van der Waals surface area contributed by atoms with E-state index in [2.05, 4.69) is 149 Å². The molecule has 0 fully saturated rings. The first-order valence-electron chi connectivity index (χ1n) is 18.0. The number of pyridine rings is 1. The molecule has 0 saturated heterocycles. The minimum absolute atomic E-state index is 0.562. The number of hydrogen-bond donors (Lipinski definition) is 0. The summed E-state index contributed by atoms with van der Waals surface area (Å²) in [5, 5.41) is 6.69. The molecule has 0 unspecified atom stereocenters. The molecule has 0 aliphatic carbocycles. The van der Waals surface area contributed by atoms with Gasteiger partial charge in [0.2, 0.25) is 0 Å². The van der Waals surface area contributed by atoms with Crippen molar-refractivity contribution >= 4 is 54.5 Å². The van der Waals surface area contributed by atoms with E-state index in [1.165, 1.54) is 21.9 Å². The SMILES string of the molecule is c1ccc(-c2ccc3cc(-c4nc(-c5ccc6c(c5)oc5cnccc56)nc(-c5ccccc5-n5c6ccccc6c6ccccc65)n4)ccc3c2)cc1. The highest BCUT2D eigenvalue weighted by atomic mass is 16.3. The zero-order valence-electron chi connectivity index (χ0n) is 28.9. The molecule has 0 aliphatic heterocycles. The molecule has 0 atom stereocenters. The minimum Gasteiger partial charge on any atom is -0.454 e. The van der Waals surface area contributed by atoms with Gasteiger partial charge in [0.25, 0.3) is 0 Å². The molecule has 0 amide bonds. The summed E-state index contributed by atoms with van der Waals surface area (Å²) in [7, 11) is 0. The fourth-order valence-electron chi connectivity index (χ4n) is 7.76. The van der Waals surface area contributed by atoms with Crippen molar-refractivity contribution in [3.05, 3.63) is 176 Å². The lowest BCUT2D eigenvalue weighted by atomic mass is 10.00. The zero-order chi connectivity index (χ0) is 35.6. The Kier molecular flexibility index (Phi) is 6.75. The van der Waals surface area contributed by atoms with Crippen molar-refractivity contribution in [3.63, 3.8) is 0 Å². The lowest BCUT2D eigenvalue weighted by molar-refractivity contribution is 0.667. The third kappa shape index (κ3) is 4.89. The van der Waals surface area contributed by atoms with E-state index in [0.717, 1.165) is 66.1 Å². The minimum atomic E-state index is 0.562. The highest BCUT2D eigenvalue weighted by Crippen LogP contribution is 2.37. The summed E-state index contributed by atoms with van der Waals surface area (Å²) in [6.45, 7) is 0. The second-order valence-corrected chi connectivity index (χ2v) is 13.5. The van der Waals surface area contributed by atoms with E-state index in [-0.39, 0.29) is 0 Å². The standard InChI is InChI=1S/C48H29N5O/c1-2-10-30(11-3-1)31-18-19-33-27-34(21-20-32(33)26-31)46-50-47(35-22-23-38-39-24-25-49-29-45(39)54-44(38)28-35)52-48(51-46)40-14-6-9-17-43(40)53-41-15-7-4-12-36(41)37-13-5-8-16-42(37)53/h1-29H. The molecule has 0 bridgehead atoms. The van der Waals surface area contributed by atoms with Gasteiger partial charge in [-0.1, -0.05) is 109 Å². The summed E-state index contributed by atoms with van der Waals surface area (Å²) < 4.78 is 8.56. The second kappa shape index (κ2) is 12.1. The van der Waals surface area contributed by atoms with E-state index in [4.69, 9.17) is 19.4 Å². The number of aromatic nitrogens is 5. The van der Waals surface area contributed by atoms with Gasteiger partial charge < -0.3 is 8.98 Å². The van der Waals surface area contributed by atoms with Gasteiger partial charge in [0, 0.05) is 44.4 Å². The van der Waals surface area contributed by atoms with E-state index in [0.29, 0.717) is 17.5 Å². The van der Waals surface area contributed by atoms with Gasteiger partial charge in [0.15, 0.2) is 23.1 Å². The van der Waals surface area contributed by atoms with E-state index >= 15 is 0 Å². The van der Waals surface area contributed by atoms with Gasteiger partial charge in [-0.15, -0.1) is 0 Å². The maximum absolute atomic E-state index is 6.25. The number of rotatable bonds is 5. The number of nitrogens with zero attached hydrogens (tertiary/aromatic N) is 5. The third-order valence-electron chi connectivity index (χ3n) is 10.3. The molecule has 0 saturated carbocycles. The Labute approximate surface area is 309 Å². The molecule has 4 aromatic heterocycles. The van der Waals surface area contributed by atoms with Gasteiger partial charge in [-0.25, -0.2) is 15.0 Å². The number of benzene rings is 7. The van der Waals surface area contributed by atoms with Crippen LogP contribution in [-0.4, -0.2) is 24.5 Å². The summed E-state index contributed by atoms with van der Waals surface area (Å²) in [5.41, 5.74) is 9.74. The molecule has 7 aromatic carbocycles. The average Bonchev–Trinajstić information content (AvgIpc) is 3.79. The van der Waals surface area contributed by atoms with Crippen molar-refractivity contribution in [2.24, 2.45) is 0 Å². The van der Waals surface area contributed by atoms with Crippen LogP contribution in [0.1, 0.15) is 0 Å². The molecule has 252 valence electrons. The predicted molar refractivity (Wildman–Crippen MR) is 218 cm³/mol. The Morgan fingerprint density at radius 1 is 0.407 bits per heavy atom. The summed E-state index contributed by atoms with van der Waals surface area (Å²) >= 11 is 0. The zero-order valence-corrected chi connectivity index (χ0v) is 28.9. The van der Waals surface area contributed by atoms with Gasteiger partial charge >= 0.3 is 0 Å². The van der Waals surface area contributed by atoms with E-state index < -0.39 is 0 Å². The molecule has 6 nitrogen and oxygen atoms in total. The predicted octanol–water partition coefficient (Wildman–Crippen LogP) is 12.1. The first-order valence-corrected chi connectivity index (χ1v) is 18.0. The molecular weight excluding hydrogens is 663 g/mol. The molecular formula is C48H29N5O. The molecule has 6 heteroatoms. The van der Waals surface area contributed by atoms with Gasteiger partial charge in [-0.2, -0.15) is 0 Å². The maximum atomic E-state index is 6.25. The average molecular weight is 692 g/mol. The van der Waals surface area contributed by atoms with Crippen molar-refractivity contribution in [1.29, 1.82) is 0 Å². The van der Waals surface area contributed by atoms with Crippen molar-refractivity contribution in [2.75, 3.05) is 0 Å². The van der Waals surface area contributed by atoms with E-state index in [1.54, 1.807) is 12.4 Å². The topological polar surface area (TPSA) is 69.6 Å². The number of fused-ring (bicyclic) bond motifs is 7. The van der Waals surface area contributed by atoms with Crippen LogP contribution in [0.15, 0.2) is 181 Å². The highest BCUT2D eigenvalue weighted by Gasteiger charge is 2.20. The second-order valence-electron chi connectivity index (χ2n) is 13.5. The maximum Gasteiger partial charge on any atom is 0.166 e. The Hall–Kier alpha value is -7.44. The fraction of sp³-hybridized carbons (Fsp3) is 0.